The van der Waals surface area contributed by atoms with Crippen LogP contribution in [-0.4, -0.2) is 24.9 Å². The molecule has 3 nitrogen and oxygen atoms in total. The fourth-order valence-electron chi connectivity index (χ4n) is 2.15. The summed E-state index contributed by atoms with van der Waals surface area (Å²) >= 11 is 0. The molecule has 0 spiro atoms. The molecule has 0 heterocycles. The molecule has 2 aromatic rings. The van der Waals surface area contributed by atoms with Gasteiger partial charge in [0.15, 0.2) is 0 Å². The van der Waals surface area contributed by atoms with E-state index in [0.29, 0.717) is 11.1 Å². The quantitative estimate of drug-likeness (QED) is 0.929. The van der Waals surface area contributed by atoms with Crippen molar-refractivity contribution < 1.29 is 9.18 Å². The minimum Gasteiger partial charge on any atom is -0.378 e. The zero-order valence-corrected chi connectivity index (χ0v) is 12.4. The molecular formula is C17H19FN2O. The summed E-state index contributed by atoms with van der Waals surface area (Å²) in [4.78, 5) is 13.5. The molecule has 0 radical (unpaired) electrons. The molecule has 0 saturated carbocycles. The summed E-state index contributed by atoms with van der Waals surface area (Å²) in [6.07, 6.45) is 0. The number of carbonyl (C=O) groups is 1. The Morgan fingerprint density at radius 2 is 1.86 bits per heavy atom. The first-order valence-corrected chi connectivity index (χ1v) is 6.81. The molecule has 1 amide bonds. The van der Waals surface area contributed by atoms with Gasteiger partial charge in [-0.2, -0.15) is 0 Å². The lowest BCUT2D eigenvalue weighted by Crippen LogP contribution is -2.21. The lowest BCUT2D eigenvalue weighted by atomic mass is 10.1. The highest BCUT2D eigenvalue weighted by molar-refractivity contribution is 5.94. The second-order valence-corrected chi connectivity index (χ2v) is 5.17. The van der Waals surface area contributed by atoms with Crippen LogP contribution in [0.4, 0.5) is 10.1 Å². The fraction of sp³-hybridized carbons (Fsp3) is 0.235. The maximum absolute atomic E-state index is 13.8. The topological polar surface area (TPSA) is 32.3 Å². The normalized spacial score (nSPS) is 11.8. The predicted molar refractivity (Wildman–Crippen MR) is 82.9 cm³/mol. The highest BCUT2D eigenvalue weighted by atomic mass is 19.1. The first-order valence-electron chi connectivity index (χ1n) is 6.81. The van der Waals surface area contributed by atoms with Gasteiger partial charge in [0.25, 0.3) is 5.91 Å². The molecule has 0 aromatic heterocycles. The van der Waals surface area contributed by atoms with Crippen LogP contribution in [-0.2, 0) is 0 Å². The van der Waals surface area contributed by atoms with Gasteiger partial charge in [-0.15, -0.1) is 0 Å². The van der Waals surface area contributed by atoms with Gasteiger partial charge >= 0.3 is 0 Å². The summed E-state index contributed by atoms with van der Waals surface area (Å²) in [5, 5.41) is 3.22. The number of hydrogen-bond acceptors (Lipinski definition) is 2. The van der Waals surface area contributed by atoms with Crippen molar-refractivity contribution in [2.75, 3.05) is 19.4 Å². The van der Waals surface area contributed by atoms with Crippen LogP contribution < -0.4 is 5.32 Å². The van der Waals surface area contributed by atoms with Gasteiger partial charge < -0.3 is 10.2 Å². The third kappa shape index (κ3) is 3.60. The Morgan fingerprint density at radius 1 is 1.14 bits per heavy atom. The molecule has 0 fully saturated rings. The van der Waals surface area contributed by atoms with Gasteiger partial charge in [0.05, 0.1) is 6.04 Å². The van der Waals surface area contributed by atoms with E-state index in [-0.39, 0.29) is 17.8 Å². The molecule has 110 valence electrons. The Hall–Kier alpha value is -2.36. The number of nitrogens with one attached hydrogen (secondary N) is 1. The zero-order chi connectivity index (χ0) is 15.4. The first kappa shape index (κ1) is 15.0. The van der Waals surface area contributed by atoms with Crippen molar-refractivity contribution in [1.29, 1.82) is 0 Å². The molecule has 2 aromatic carbocycles. The van der Waals surface area contributed by atoms with E-state index in [0.717, 1.165) is 5.69 Å². The maximum Gasteiger partial charge on any atom is 0.253 e. The Kier molecular flexibility index (Phi) is 4.58. The lowest BCUT2D eigenvalue weighted by molar-refractivity contribution is 0.0827. The largest absolute Gasteiger partial charge is 0.378 e. The number of halogens is 1. The third-order valence-corrected chi connectivity index (χ3v) is 3.27. The molecule has 1 unspecified atom stereocenters. The number of nitrogens with zero attached hydrogens (tertiary/aromatic N) is 1. The highest BCUT2D eigenvalue weighted by Crippen LogP contribution is 2.22. The number of carbonyl (C=O) groups excluding carboxylic acids is 1. The summed E-state index contributed by atoms with van der Waals surface area (Å²) in [5.74, 6) is -0.296. The second-order valence-electron chi connectivity index (χ2n) is 5.17. The van der Waals surface area contributed by atoms with Crippen LogP contribution >= 0.6 is 0 Å². The molecule has 1 N–H and O–H groups in total. The Balaban J connectivity index is 2.18. The monoisotopic (exact) mass is 286 g/mol. The molecule has 21 heavy (non-hydrogen) atoms. The van der Waals surface area contributed by atoms with Gasteiger partial charge in [-0.25, -0.2) is 4.39 Å². The molecule has 2 rings (SSSR count). The van der Waals surface area contributed by atoms with Gasteiger partial charge in [0.1, 0.15) is 5.82 Å². The number of anilines is 1. The van der Waals surface area contributed by atoms with Crippen molar-refractivity contribution in [3.63, 3.8) is 0 Å². The number of hydrogen-bond donors (Lipinski definition) is 1. The number of amides is 1. The minimum atomic E-state index is -0.238. The van der Waals surface area contributed by atoms with Crippen LogP contribution in [0.5, 0.6) is 0 Å². The molecule has 0 bridgehead atoms. The van der Waals surface area contributed by atoms with Crippen molar-refractivity contribution in [3.8, 4) is 0 Å². The summed E-state index contributed by atoms with van der Waals surface area (Å²) in [5.41, 5.74) is 1.99. The van der Waals surface area contributed by atoms with Crippen LogP contribution in [0.25, 0.3) is 0 Å². The van der Waals surface area contributed by atoms with Crippen molar-refractivity contribution in [2.45, 2.75) is 13.0 Å². The SMILES string of the molecule is CC(Nc1cccc(C(=O)N(C)C)c1)c1ccccc1F. The second kappa shape index (κ2) is 6.39. The van der Waals surface area contributed by atoms with Crippen LogP contribution in [0.1, 0.15) is 28.9 Å². The van der Waals surface area contributed by atoms with Crippen molar-refractivity contribution in [3.05, 3.63) is 65.5 Å². The fourth-order valence-corrected chi connectivity index (χ4v) is 2.15. The molecule has 0 saturated heterocycles. The van der Waals surface area contributed by atoms with Gasteiger partial charge in [0, 0.05) is 30.9 Å². The molecule has 0 aliphatic carbocycles. The summed E-state index contributed by atoms with van der Waals surface area (Å²) in [6, 6.07) is 13.7. The maximum atomic E-state index is 13.8. The van der Waals surface area contributed by atoms with Gasteiger partial charge in [-0.3, -0.25) is 4.79 Å². The van der Waals surface area contributed by atoms with Crippen LogP contribution in [0.2, 0.25) is 0 Å². The van der Waals surface area contributed by atoms with Gasteiger partial charge in [0.2, 0.25) is 0 Å². The van der Waals surface area contributed by atoms with Crippen LogP contribution in [0, 0.1) is 5.82 Å². The van der Waals surface area contributed by atoms with Crippen LogP contribution in [0.3, 0.4) is 0 Å². The Morgan fingerprint density at radius 3 is 2.52 bits per heavy atom. The summed E-state index contributed by atoms with van der Waals surface area (Å²) < 4.78 is 13.8. The van der Waals surface area contributed by atoms with Crippen LogP contribution in [0.15, 0.2) is 48.5 Å². The van der Waals surface area contributed by atoms with E-state index < -0.39 is 0 Å². The molecule has 1 atom stereocenters. The van der Waals surface area contributed by atoms with Crippen molar-refractivity contribution in [1.82, 2.24) is 4.90 Å². The lowest BCUT2D eigenvalue weighted by Gasteiger charge is -2.17. The molecular weight excluding hydrogens is 267 g/mol. The minimum absolute atomic E-state index is 0.0582. The average molecular weight is 286 g/mol. The van der Waals surface area contributed by atoms with E-state index in [4.69, 9.17) is 0 Å². The highest BCUT2D eigenvalue weighted by Gasteiger charge is 2.12. The third-order valence-electron chi connectivity index (χ3n) is 3.27. The molecule has 4 heteroatoms. The van der Waals surface area contributed by atoms with E-state index in [1.807, 2.05) is 25.1 Å². The van der Waals surface area contributed by atoms with Crippen molar-refractivity contribution >= 4 is 11.6 Å². The van der Waals surface area contributed by atoms with E-state index in [9.17, 15) is 9.18 Å². The first-order chi connectivity index (χ1) is 9.99. The zero-order valence-electron chi connectivity index (χ0n) is 12.4. The predicted octanol–water partition coefficient (Wildman–Crippen LogP) is 3.70. The van der Waals surface area contributed by atoms with Gasteiger partial charge in [-0.1, -0.05) is 24.3 Å². The Bertz CT molecular complexity index is 640. The average Bonchev–Trinajstić information content (AvgIpc) is 2.47. The van der Waals surface area contributed by atoms with E-state index in [1.165, 1.54) is 11.0 Å². The Labute approximate surface area is 124 Å². The summed E-state index contributed by atoms with van der Waals surface area (Å²) in [7, 11) is 3.43. The van der Waals surface area contributed by atoms with E-state index in [1.54, 1.807) is 38.4 Å². The van der Waals surface area contributed by atoms with Crippen molar-refractivity contribution in [2.24, 2.45) is 0 Å². The number of benzene rings is 2. The van der Waals surface area contributed by atoms with E-state index in [2.05, 4.69) is 5.32 Å². The van der Waals surface area contributed by atoms with Gasteiger partial charge in [-0.05, 0) is 31.2 Å². The summed E-state index contributed by atoms with van der Waals surface area (Å²) in [6.45, 7) is 1.89. The molecule has 0 aliphatic rings. The number of rotatable bonds is 4. The van der Waals surface area contributed by atoms with E-state index >= 15 is 0 Å². The molecule has 0 aliphatic heterocycles. The smallest absolute Gasteiger partial charge is 0.253 e. The standard InChI is InChI=1S/C17H19FN2O/c1-12(15-9-4-5-10-16(15)18)19-14-8-6-7-13(11-14)17(21)20(2)3/h4-12,19H,1-3H3.